The lowest BCUT2D eigenvalue weighted by atomic mass is 9.91. The molecule has 0 amide bonds. The Bertz CT molecular complexity index is 539. The van der Waals surface area contributed by atoms with Gasteiger partial charge in [-0.1, -0.05) is 70.1 Å². The normalized spacial score (nSPS) is 17.6. The molecular formula is C22H32F2O. The lowest BCUT2D eigenvalue weighted by molar-refractivity contribution is 0.0458. The van der Waals surface area contributed by atoms with Crippen LogP contribution >= 0.6 is 0 Å². The Kier molecular flexibility index (Phi) is 9.17. The maximum atomic E-state index is 13.9. The average molecular weight is 350 g/mol. The van der Waals surface area contributed by atoms with Crippen molar-refractivity contribution >= 4 is 5.57 Å². The highest BCUT2D eigenvalue weighted by molar-refractivity contribution is 5.66. The molecule has 1 nitrogen and oxygen atoms in total. The molecule has 25 heavy (non-hydrogen) atoms. The molecule has 2 rings (SSSR count). The van der Waals surface area contributed by atoms with Gasteiger partial charge in [0.25, 0.3) is 0 Å². The molecule has 1 atom stereocenters. The molecule has 0 heterocycles. The predicted molar refractivity (Wildman–Crippen MR) is 101 cm³/mol. The fourth-order valence-electron chi connectivity index (χ4n) is 3.44. The number of hydrogen-bond acceptors (Lipinski definition) is 1. The highest BCUT2D eigenvalue weighted by Gasteiger charge is 2.19. The Hall–Kier alpha value is -1.22. The average Bonchev–Trinajstić information content (AvgIpc) is 2.63. The largest absolute Gasteiger partial charge is 0.378 e. The Morgan fingerprint density at radius 2 is 1.72 bits per heavy atom. The summed E-state index contributed by atoms with van der Waals surface area (Å²) in [4.78, 5) is 0. The summed E-state index contributed by atoms with van der Waals surface area (Å²) in [5.41, 5.74) is 1.31. The zero-order chi connectivity index (χ0) is 17.9. The van der Waals surface area contributed by atoms with Crippen LogP contribution in [0, 0.1) is 11.6 Å². The topological polar surface area (TPSA) is 9.23 Å². The summed E-state index contributed by atoms with van der Waals surface area (Å²) >= 11 is 0. The first-order valence-corrected chi connectivity index (χ1v) is 9.97. The van der Waals surface area contributed by atoms with Gasteiger partial charge in [-0.3, -0.25) is 0 Å². The van der Waals surface area contributed by atoms with E-state index in [4.69, 9.17) is 4.74 Å². The van der Waals surface area contributed by atoms with Crippen molar-refractivity contribution in [2.75, 3.05) is 6.61 Å². The van der Waals surface area contributed by atoms with Crippen molar-refractivity contribution in [3.05, 3.63) is 41.5 Å². The lowest BCUT2D eigenvalue weighted by Crippen LogP contribution is -2.16. The molecule has 140 valence electrons. The quantitative estimate of drug-likeness (QED) is 0.388. The molecular weight excluding hydrogens is 318 g/mol. The summed E-state index contributed by atoms with van der Waals surface area (Å²) < 4.78 is 33.1. The molecule has 0 radical (unpaired) electrons. The van der Waals surface area contributed by atoms with Crippen LogP contribution in [0.2, 0.25) is 0 Å². The van der Waals surface area contributed by atoms with E-state index in [0.717, 1.165) is 43.9 Å². The molecule has 0 aromatic heterocycles. The highest BCUT2D eigenvalue weighted by atomic mass is 19.2. The molecule has 1 aromatic rings. The fraction of sp³-hybridized carbons (Fsp3) is 0.636. The Labute approximate surface area is 151 Å². The summed E-state index contributed by atoms with van der Waals surface area (Å²) in [6, 6.07) is 4.39. The predicted octanol–water partition coefficient (Wildman–Crippen LogP) is 7.06. The number of allylic oxidation sites excluding steroid dienone is 1. The van der Waals surface area contributed by atoms with E-state index in [1.165, 1.54) is 44.9 Å². The van der Waals surface area contributed by atoms with Crippen LogP contribution < -0.4 is 0 Å². The summed E-state index contributed by atoms with van der Waals surface area (Å²) in [6.07, 6.45) is 15.1. The molecule has 1 aliphatic carbocycles. The third-order valence-corrected chi connectivity index (χ3v) is 5.01. The van der Waals surface area contributed by atoms with Crippen LogP contribution in [0.4, 0.5) is 8.78 Å². The number of halogens is 2. The molecule has 1 aromatic carbocycles. The van der Waals surface area contributed by atoms with Gasteiger partial charge in [0.1, 0.15) is 0 Å². The number of rotatable bonds is 11. The highest BCUT2D eigenvalue weighted by Crippen LogP contribution is 2.30. The van der Waals surface area contributed by atoms with Crippen molar-refractivity contribution < 1.29 is 13.5 Å². The van der Waals surface area contributed by atoms with Crippen LogP contribution in [0.1, 0.15) is 83.1 Å². The summed E-state index contributed by atoms with van der Waals surface area (Å²) in [6.45, 7) is 3.06. The number of ether oxygens (including phenoxy) is 1. The standard InChI is InChI=1S/C22H32F2O/c1-2-3-4-5-6-7-8-9-17-25-19-15-13-18(14-16-19)20-11-10-12-21(23)22(20)24/h10-13,19H,2-9,14-17H2,1H3. The fourth-order valence-corrected chi connectivity index (χ4v) is 3.44. The molecule has 0 spiro atoms. The van der Waals surface area contributed by atoms with Crippen LogP contribution in [0.3, 0.4) is 0 Å². The van der Waals surface area contributed by atoms with Crippen LogP contribution in [0.15, 0.2) is 24.3 Å². The van der Waals surface area contributed by atoms with E-state index >= 15 is 0 Å². The van der Waals surface area contributed by atoms with Gasteiger partial charge >= 0.3 is 0 Å². The summed E-state index contributed by atoms with van der Waals surface area (Å²) in [7, 11) is 0. The van der Waals surface area contributed by atoms with Crippen LogP contribution in [-0.2, 0) is 4.74 Å². The molecule has 0 saturated carbocycles. The van der Waals surface area contributed by atoms with Crippen molar-refractivity contribution in [2.45, 2.75) is 83.7 Å². The second-order valence-electron chi connectivity index (χ2n) is 7.07. The first-order chi connectivity index (χ1) is 12.2. The maximum absolute atomic E-state index is 13.9. The zero-order valence-corrected chi connectivity index (χ0v) is 15.5. The Morgan fingerprint density at radius 3 is 2.40 bits per heavy atom. The smallest absolute Gasteiger partial charge is 0.166 e. The summed E-state index contributed by atoms with van der Waals surface area (Å²) in [5.74, 6) is -1.50. The molecule has 3 heteroatoms. The Balaban J connectivity index is 1.60. The van der Waals surface area contributed by atoms with Gasteiger partial charge in [0.2, 0.25) is 0 Å². The van der Waals surface area contributed by atoms with Crippen molar-refractivity contribution in [1.82, 2.24) is 0 Å². The van der Waals surface area contributed by atoms with Gasteiger partial charge in [-0.25, -0.2) is 8.78 Å². The van der Waals surface area contributed by atoms with Gasteiger partial charge in [-0.15, -0.1) is 0 Å². The lowest BCUT2D eigenvalue weighted by Gasteiger charge is -2.23. The molecule has 1 aliphatic rings. The molecule has 0 aliphatic heterocycles. The molecule has 1 unspecified atom stereocenters. The van der Waals surface area contributed by atoms with Crippen LogP contribution in [-0.4, -0.2) is 12.7 Å². The van der Waals surface area contributed by atoms with E-state index in [2.05, 4.69) is 6.92 Å². The SMILES string of the molecule is CCCCCCCCCCOC1CC=C(c2cccc(F)c2F)CC1. The molecule has 0 bridgehead atoms. The second kappa shape index (κ2) is 11.4. The molecule has 0 saturated heterocycles. The molecule has 0 N–H and O–H groups in total. The first kappa shape index (κ1) is 20.1. The van der Waals surface area contributed by atoms with Crippen molar-refractivity contribution in [2.24, 2.45) is 0 Å². The van der Waals surface area contributed by atoms with Crippen molar-refractivity contribution in [1.29, 1.82) is 0 Å². The van der Waals surface area contributed by atoms with Crippen LogP contribution in [0.5, 0.6) is 0 Å². The van der Waals surface area contributed by atoms with Gasteiger partial charge in [0.05, 0.1) is 6.10 Å². The van der Waals surface area contributed by atoms with E-state index in [1.807, 2.05) is 6.08 Å². The van der Waals surface area contributed by atoms with Crippen molar-refractivity contribution in [3.63, 3.8) is 0 Å². The zero-order valence-electron chi connectivity index (χ0n) is 15.5. The third kappa shape index (κ3) is 6.89. The van der Waals surface area contributed by atoms with Gasteiger partial charge in [0, 0.05) is 12.2 Å². The van der Waals surface area contributed by atoms with Gasteiger partial charge in [0.15, 0.2) is 11.6 Å². The van der Waals surface area contributed by atoms with E-state index in [9.17, 15) is 8.78 Å². The monoisotopic (exact) mass is 350 g/mol. The minimum Gasteiger partial charge on any atom is -0.378 e. The molecule has 0 fully saturated rings. The minimum atomic E-state index is -0.772. The van der Waals surface area contributed by atoms with Crippen molar-refractivity contribution in [3.8, 4) is 0 Å². The van der Waals surface area contributed by atoms with E-state index in [-0.39, 0.29) is 6.10 Å². The Morgan fingerprint density at radius 1 is 1.00 bits per heavy atom. The van der Waals surface area contributed by atoms with E-state index in [0.29, 0.717) is 5.56 Å². The third-order valence-electron chi connectivity index (χ3n) is 5.01. The maximum Gasteiger partial charge on any atom is 0.166 e. The van der Waals surface area contributed by atoms with E-state index < -0.39 is 11.6 Å². The number of benzene rings is 1. The van der Waals surface area contributed by atoms with Gasteiger partial charge in [-0.2, -0.15) is 0 Å². The summed E-state index contributed by atoms with van der Waals surface area (Å²) in [5, 5.41) is 0. The van der Waals surface area contributed by atoms with E-state index in [1.54, 1.807) is 12.1 Å². The number of unbranched alkanes of at least 4 members (excludes halogenated alkanes) is 7. The van der Waals surface area contributed by atoms with Gasteiger partial charge < -0.3 is 4.74 Å². The van der Waals surface area contributed by atoms with Crippen LogP contribution in [0.25, 0.3) is 5.57 Å². The van der Waals surface area contributed by atoms with Gasteiger partial charge in [-0.05, 0) is 37.3 Å². The second-order valence-corrected chi connectivity index (χ2v) is 7.07. The minimum absolute atomic E-state index is 0.227. The number of hydrogen-bond donors (Lipinski definition) is 0. The first-order valence-electron chi connectivity index (χ1n) is 9.97.